The molecule has 1 heterocycles. The highest BCUT2D eigenvalue weighted by molar-refractivity contribution is 7.10. The van der Waals surface area contributed by atoms with Gasteiger partial charge >= 0.3 is 0 Å². The van der Waals surface area contributed by atoms with E-state index in [9.17, 15) is 0 Å². The molecule has 0 saturated heterocycles. The van der Waals surface area contributed by atoms with Gasteiger partial charge in [-0.15, -0.1) is 11.3 Å². The van der Waals surface area contributed by atoms with Gasteiger partial charge < -0.3 is 10.2 Å². The number of nitrogens with one attached hydrogen (secondary N) is 1. The second-order valence-electron chi connectivity index (χ2n) is 6.22. The Morgan fingerprint density at radius 2 is 1.90 bits per heavy atom. The molecule has 0 radical (unpaired) electrons. The molecule has 1 atom stereocenters. The molecule has 0 bridgehead atoms. The second-order valence-corrected chi connectivity index (χ2v) is 7.20. The van der Waals surface area contributed by atoms with Crippen molar-refractivity contribution < 1.29 is 0 Å². The van der Waals surface area contributed by atoms with Crippen molar-refractivity contribution >= 4 is 11.3 Å². The third kappa shape index (κ3) is 3.94. The molecule has 1 aromatic carbocycles. The summed E-state index contributed by atoms with van der Waals surface area (Å²) >= 11 is 1.88. The Bertz CT molecular complexity index is 558. The summed E-state index contributed by atoms with van der Waals surface area (Å²) < 4.78 is 0. The molecule has 2 nitrogen and oxygen atoms in total. The zero-order valence-corrected chi connectivity index (χ0v) is 13.7. The average molecular weight is 300 g/mol. The number of benzene rings is 1. The highest BCUT2D eigenvalue weighted by Crippen LogP contribution is 2.42. The van der Waals surface area contributed by atoms with E-state index in [0.29, 0.717) is 6.04 Å². The van der Waals surface area contributed by atoms with E-state index in [1.807, 2.05) is 11.3 Å². The van der Waals surface area contributed by atoms with Gasteiger partial charge in [-0.1, -0.05) is 30.3 Å². The minimum Gasteiger partial charge on any atom is -0.305 e. The van der Waals surface area contributed by atoms with Gasteiger partial charge in [-0.2, -0.15) is 0 Å². The summed E-state index contributed by atoms with van der Waals surface area (Å²) in [6, 6.07) is 13.8. The summed E-state index contributed by atoms with van der Waals surface area (Å²) in [5.74, 6) is 0.838. The largest absolute Gasteiger partial charge is 0.305 e. The lowest BCUT2D eigenvalue weighted by Crippen LogP contribution is -2.23. The van der Waals surface area contributed by atoms with Crippen LogP contribution in [-0.2, 0) is 13.1 Å². The maximum atomic E-state index is 3.81. The highest BCUT2D eigenvalue weighted by atomic mass is 32.1. The molecule has 1 aliphatic carbocycles. The summed E-state index contributed by atoms with van der Waals surface area (Å²) in [5.41, 5.74) is 2.85. The Kier molecular flexibility index (Phi) is 4.73. The van der Waals surface area contributed by atoms with Crippen molar-refractivity contribution in [3.63, 3.8) is 0 Å². The molecule has 3 heteroatoms. The van der Waals surface area contributed by atoms with Crippen LogP contribution in [0.1, 0.15) is 34.9 Å². The Morgan fingerprint density at radius 3 is 2.52 bits per heavy atom. The molecule has 1 saturated carbocycles. The van der Waals surface area contributed by atoms with E-state index in [1.54, 1.807) is 0 Å². The zero-order chi connectivity index (χ0) is 14.7. The van der Waals surface area contributed by atoms with Crippen LogP contribution in [0.2, 0.25) is 0 Å². The Morgan fingerprint density at radius 1 is 1.14 bits per heavy atom. The van der Waals surface area contributed by atoms with Crippen LogP contribution < -0.4 is 5.32 Å². The van der Waals surface area contributed by atoms with E-state index in [0.717, 1.165) is 19.0 Å². The van der Waals surface area contributed by atoms with Gasteiger partial charge in [0.15, 0.2) is 0 Å². The van der Waals surface area contributed by atoms with Crippen LogP contribution in [0.15, 0.2) is 41.8 Å². The summed E-state index contributed by atoms with van der Waals surface area (Å²) in [7, 11) is 4.26. The van der Waals surface area contributed by atoms with E-state index < -0.39 is 0 Å². The number of nitrogens with zero attached hydrogens (tertiary/aromatic N) is 1. The molecule has 1 unspecified atom stereocenters. The van der Waals surface area contributed by atoms with Gasteiger partial charge in [0.2, 0.25) is 0 Å². The summed E-state index contributed by atoms with van der Waals surface area (Å²) in [6.07, 6.45) is 2.74. The first kappa shape index (κ1) is 14.8. The lowest BCUT2D eigenvalue weighted by atomic mass is 10.1. The maximum Gasteiger partial charge on any atom is 0.0446 e. The number of thiophene rings is 1. The summed E-state index contributed by atoms with van der Waals surface area (Å²) in [5, 5.41) is 5.99. The molecule has 112 valence electrons. The standard InChI is InChI=1S/C18H24N2S/c1-20(2)13-16-7-4-3-6-15(16)12-19-18(14-9-10-14)17-8-5-11-21-17/h3-8,11,14,18-19H,9-10,12-13H2,1-2H3. The van der Waals surface area contributed by atoms with E-state index in [1.165, 1.54) is 28.8 Å². The van der Waals surface area contributed by atoms with Crippen LogP contribution in [0, 0.1) is 5.92 Å². The van der Waals surface area contributed by atoms with Gasteiger partial charge in [-0.05, 0) is 55.4 Å². The second kappa shape index (κ2) is 6.73. The molecule has 1 aromatic heterocycles. The van der Waals surface area contributed by atoms with E-state index in [4.69, 9.17) is 0 Å². The highest BCUT2D eigenvalue weighted by Gasteiger charge is 2.32. The zero-order valence-electron chi connectivity index (χ0n) is 12.9. The first-order valence-electron chi connectivity index (χ1n) is 7.72. The monoisotopic (exact) mass is 300 g/mol. The minimum absolute atomic E-state index is 0.539. The molecular weight excluding hydrogens is 276 g/mol. The van der Waals surface area contributed by atoms with Crippen molar-refractivity contribution in [2.45, 2.75) is 32.0 Å². The quantitative estimate of drug-likeness (QED) is 0.830. The number of hydrogen-bond donors (Lipinski definition) is 1. The van der Waals surface area contributed by atoms with Gasteiger partial charge in [0.1, 0.15) is 0 Å². The van der Waals surface area contributed by atoms with Crippen LogP contribution >= 0.6 is 11.3 Å². The fraction of sp³-hybridized carbons (Fsp3) is 0.444. The Labute approximate surface area is 131 Å². The van der Waals surface area contributed by atoms with E-state index >= 15 is 0 Å². The van der Waals surface area contributed by atoms with Gasteiger partial charge in [-0.3, -0.25) is 0 Å². The molecule has 0 amide bonds. The predicted molar refractivity (Wildman–Crippen MR) is 90.5 cm³/mol. The summed E-state index contributed by atoms with van der Waals surface area (Å²) in [4.78, 5) is 3.72. The normalized spacial score (nSPS) is 16.3. The third-order valence-electron chi connectivity index (χ3n) is 4.06. The Balaban J connectivity index is 1.69. The predicted octanol–water partition coefficient (Wildman–Crippen LogP) is 4.05. The molecule has 0 spiro atoms. The lowest BCUT2D eigenvalue weighted by Gasteiger charge is -2.19. The first-order chi connectivity index (χ1) is 10.2. The molecular formula is C18H24N2S. The molecule has 1 aliphatic rings. The molecule has 3 rings (SSSR count). The molecule has 0 aliphatic heterocycles. The maximum absolute atomic E-state index is 3.81. The molecule has 1 N–H and O–H groups in total. The van der Waals surface area contributed by atoms with Crippen molar-refractivity contribution in [2.24, 2.45) is 5.92 Å². The fourth-order valence-electron chi connectivity index (χ4n) is 2.84. The van der Waals surface area contributed by atoms with Gasteiger partial charge in [0.25, 0.3) is 0 Å². The van der Waals surface area contributed by atoms with Crippen molar-refractivity contribution in [1.29, 1.82) is 0 Å². The van der Waals surface area contributed by atoms with Gasteiger partial charge in [0, 0.05) is 24.0 Å². The lowest BCUT2D eigenvalue weighted by molar-refractivity contribution is 0.399. The molecule has 21 heavy (non-hydrogen) atoms. The van der Waals surface area contributed by atoms with Crippen molar-refractivity contribution in [3.8, 4) is 0 Å². The van der Waals surface area contributed by atoms with Crippen LogP contribution in [0.4, 0.5) is 0 Å². The minimum atomic E-state index is 0.539. The molecule has 1 fully saturated rings. The van der Waals surface area contributed by atoms with Crippen LogP contribution in [0.3, 0.4) is 0 Å². The number of rotatable bonds is 7. The average Bonchev–Trinajstić information content (AvgIpc) is 3.15. The third-order valence-corrected chi connectivity index (χ3v) is 5.02. The smallest absolute Gasteiger partial charge is 0.0446 e. The van der Waals surface area contributed by atoms with Crippen LogP contribution in [0.25, 0.3) is 0 Å². The Hall–Kier alpha value is -1.16. The fourth-order valence-corrected chi connectivity index (χ4v) is 3.74. The first-order valence-corrected chi connectivity index (χ1v) is 8.60. The number of hydrogen-bond acceptors (Lipinski definition) is 3. The van der Waals surface area contributed by atoms with Crippen molar-refractivity contribution in [1.82, 2.24) is 10.2 Å². The van der Waals surface area contributed by atoms with Gasteiger partial charge in [0.05, 0.1) is 0 Å². The van der Waals surface area contributed by atoms with Crippen LogP contribution in [0.5, 0.6) is 0 Å². The summed E-state index contributed by atoms with van der Waals surface area (Å²) in [6.45, 7) is 1.97. The topological polar surface area (TPSA) is 15.3 Å². The molecule has 2 aromatic rings. The van der Waals surface area contributed by atoms with E-state index in [2.05, 4.69) is 66.1 Å². The van der Waals surface area contributed by atoms with Crippen molar-refractivity contribution in [3.05, 3.63) is 57.8 Å². The van der Waals surface area contributed by atoms with Crippen LogP contribution in [-0.4, -0.2) is 19.0 Å². The van der Waals surface area contributed by atoms with E-state index in [-0.39, 0.29) is 0 Å². The SMILES string of the molecule is CN(C)Cc1ccccc1CNC(c1cccs1)C1CC1. The van der Waals surface area contributed by atoms with Gasteiger partial charge in [-0.25, -0.2) is 0 Å². The van der Waals surface area contributed by atoms with Crippen molar-refractivity contribution in [2.75, 3.05) is 14.1 Å².